The number of nitrogens with zero attached hydrogens (tertiary/aromatic N) is 2. The average molecular weight is 379 g/mol. The number of rotatable bonds is 5. The van der Waals surface area contributed by atoms with Gasteiger partial charge in [0, 0.05) is 45.1 Å². The summed E-state index contributed by atoms with van der Waals surface area (Å²) in [6.07, 6.45) is 1.69. The van der Waals surface area contributed by atoms with Crippen LogP contribution in [0.1, 0.15) is 36.0 Å². The molecule has 2 aromatic carbocycles. The van der Waals surface area contributed by atoms with Crippen LogP contribution >= 0.6 is 0 Å². The van der Waals surface area contributed by atoms with Gasteiger partial charge in [0.05, 0.1) is 7.11 Å². The molecule has 1 amide bonds. The summed E-state index contributed by atoms with van der Waals surface area (Å²) in [6.45, 7) is 6.77. The molecule has 2 aliphatic rings. The Hall–Kier alpha value is -2.33. The number of fused-ring (bicyclic) bond motifs is 1. The van der Waals surface area contributed by atoms with Crippen LogP contribution in [0.2, 0.25) is 0 Å². The molecule has 2 aliphatic heterocycles. The van der Waals surface area contributed by atoms with E-state index in [1.165, 1.54) is 16.7 Å². The number of carbonyl (C=O) groups excluding carboxylic acids is 1. The van der Waals surface area contributed by atoms with Crippen molar-refractivity contribution < 1.29 is 9.53 Å². The Morgan fingerprint density at radius 3 is 2.71 bits per heavy atom. The molecule has 2 atom stereocenters. The minimum Gasteiger partial charge on any atom is -0.497 e. The van der Waals surface area contributed by atoms with Crippen molar-refractivity contribution >= 4 is 5.91 Å². The quantitative estimate of drug-likeness (QED) is 0.795. The van der Waals surface area contributed by atoms with Gasteiger partial charge in [0.25, 0.3) is 0 Å². The molecule has 1 saturated heterocycles. The second kappa shape index (κ2) is 8.36. The lowest BCUT2D eigenvalue weighted by atomic mass is 9.87. The van der Waals surface area contributed by atoms with Crippen molar-refractivity contribution in [2.45, 2.75) is 32.2 Å². The van der Waals surface area contributed by atoms with Crippen molar-refractivity contribution in [2.75, 3.05) is 33.3 Å². The van der Waals surface area contributed by atoms with Gasteiger partial charge in [-0.2, -0.15) is 0 Å². The highest BCUT2D eigenvalue weighted by atomic mass is 16.5. The van der Waals surface area contributed by atoms with E-state index in [9.17, 15) is 4.79 Å². The molecule has 0 N–H and O–H groups in total. The molecule has 4 heteroatoms. The van der Waals surface area contributed by atoms with Gasteiger partial charge < -0.3 is 9.64 Å². The molecule has 0 saturated carbocycles. The molecule has 2 heterocycles. The van der Waals surface area contributed by atoms with Gasteiger partial charge in [-0.1, -0.05) is 43.3 Å². The van der Waals surface area contributed by atoms with E-state index in [0.717, 1.165) is 44.9 Å². The zero-order valence-corrected chi connectivity index (χ0v) is 16.9. The van der Waals surface area contributed by atoms with E-state index < -0.39 is 0 Å². The number of methoxy groups -OCH3 is 1. The van der Waals surface area contributed by atoms with Crippen LogP contribution < -0.4 is 4.74 Å². The average Bonchev–Trinajstić information content (AvgIpc) is 3.17. The molecule has 4 rings (SSSR count). The van der Waals surface area contributed by atoms with Gasteiger partial charge in [0.2, 0.25) is 5.91 Å². The van der Waals surface area contributed by atoms with Crippen LogP contribution in [0.5, 0.6) is 5.75 Å². The third kappa shape index (κ3) is 3.93. The van der Waals surface area contributed by atoms with Gasteiger partial charge in [-0.25, -0.2) is 0 Å². The standard InChI is InChI=1S/C24H30N2O2/c1-3-24(27)26-16-21(23(17-26)19-9-6-10-22(13-19)28-2)15-25-12-11-18-7-4-5-8-20(18)14-25/h4-10,13,21,23H,3,11-12,14-17H2,1-2H3. The maximum Gasteiger partial charge on any atom is 0.222 e. The Labute approximate surface area is 168 Å². The highest BCUT2D eigenvalue weighted by molar-refractivity contribution is 5.76. The normalized spacial score (nSPS) is 22.1. The minimum atomic E-state index is 0.263. The summed E-state index contributed by atoms with van der Waals surface area (Å²) in [6, 6.07) is 17.2. The summed E-state index contributed by atoms with van der Waals surface area (Å²) in [5.41, 5.74) is 4.22. The van der Waals surface area contributed by atoms with E-state index in [-0.39, 0.29) is 5.91 Å². The molecular formula is C24H30N2O2. The summed E-state index contributed by atoms with van der Waals surface area (Å²) in [4.78, 5) is 17.0. The monoisotopic (exact) mass is 378 g/mol. The molecule has 28 heavy (non-hydrogen) atoms. The lowest BCUT2D eigenvalue weighted by Crippen LogP contribution is -2.37. The first-order valence-corrected chi connectivity index (χ1v) is 10.4. The summed E-state index contributed by atoms with van der Waals surface area (Å²) in [5.74, 6) is 1.97. The second-order valence-electron chi connectivity index (χ2n) is 8.05. The zero-order valence-electron chi connectivity index (χ0n) is 16.9. The maximum atomic E-state index is 12.4. The van der Waals surface area contributed by atoms with Crippen LogP contribution in [0.25, 0.3) is 0 Å². The van der Waals surface area contributed by atoms with Crippen LogP contribution in [0.3, 0.4) is 0 Å². The van der Waals surface area contributed by atoms with E-state index in [1.807, 2.05) is 13.0 Å². The van der Waals surface area contributed by atoms with Crippen molar-refractivity contribution in [3.05, 3.63) is 65.2 Å². The summed E-state index contributed by atoms with van der Waals surface area (Å²) in [7, 11) is 1.71. The van der Waals surface area contributed by atoms with Gasteiger partial charge in [-0.05, 0) is 41.2 Å². The van der Waals surface area contributed by atoms with Crippen molar-refractivity contribution in [3.8, 4) is 5.75 Å². The fraction of sp³-hybridized carbons (Fsp3) is 0.458. The number of hydrogen-bond acceptors (Lipinski definition) is 3. The number of hydrogen-bond donors (Lipinski definition) is 0. The zero-order chi connectivity index (χ0) is 19.5. The highest BCUT2D eigenvalue weighted by Gasteiger charge is 2.37. The van der Waals surface area contributed by atoms with Crippen LogP contribution in [-0.4, -0.2) is 49.0 Å². The van der Waals surface area contributed by atoms with Gasteiger partial charge >= 0.3 is 0 Å². The highest BCUT2D eigenvalue weighted by Crippen LogP contribution is 2.35. The SMILES string of the molecule is CCC(=O)N1CC(CN2CCc3ccccc3C2)C(c2cccc(OC)c2)C1. The Kier molecular flexibility index (Phi) is 5.67. The number of likely N-dealkylation sites (tertiary alicyclic amines) is 1. The first-order valence-electron chi connectivity index (χ1n) is 10.4. The fourth-order valence-corrected chi connectivity index (χ4v) is 4.77. The first-order chi connectivity index (χ1) is 13.7. The van der Waals surface area contributed by atoms with E-state index in [1.54, 1.807) is 7.11 Å². The van der Waals surface area contributed by atoms with Crippen molar-refractivity contribution in [1.29, 1.82) is 0 Å². The largest absolute Gasteiger partial charge is 0.497 e. The summed E-state index contributed by atoms with van der Waals surface area (Å²) in [5, 5.41) is 0. The number of ether oxygens (including phenoxy) is 1. The maximum absolute atomic E-state index is 12.4. The van der Waals surface area contributed by atoms with E-state index in [2.05, 4.69) is 52.3 Å². The number of carbonyl (C=O) groups is 1. The third-order valence-corrected chi connectivity index (χ3v) is 6.32. The molecule has 148 valence electrons. The van der Waals surface area contributed by atoms with Crippen molar-refractivity contribution in [1.82, 2.24) is 9.80 Å². The molecule has 0 aliphatic carbocycles. The first kappa shape index (κ1) is 19.0. The van der Waals surface area contributed by atoms with Gasteiger partial charge in [0.15, 0.2) is 0 Å². The number of amides is 1. The van der Waals surface area contributed by atoms with E-state index >= 15 is 0 Å². The molecule has 1 fully saturated rings. The molecule has 2 unspecified atom stereocenters. The molecule has 0 aromatic heterocycles. The number of benzene rings is 2. The second-order valence-corrected chi connectivity index (χ2v) is 8.05. The minimum absolute atomic E-state index is 0.263. The van der Waals surface area contributed by atoms with Crippen LogP contribution in [0.15, 0.2) is 48.5 Å². The van der Waals surface area contributed by atoms with Gasteiger partial charge in [-0.15, -0.1) is 0 Å². The predicted molar refractivity (Wildman–Crippen MR) is 112 cm³/mol. The Bertz CT molecular complexity index is 835. The van der Waals surface area contributed by atoms with Crippen LogP contribution in [-0.2, 0) is 17.8 Å². The Balaban J connectivity index is 1.53. The van der Waals surface area contributed by atoms with Crippen molar-refractivity contribution in [2.24, 2.45) is 5.92 Å². The molecule has 0 spiro atoms. The topological polar surface area (TPSA) is 32.8 Å². The molecule has 0 bridgehead atoms. The molecule has 0 radical (unpaired) electrons. The smallest absolute Gasteiger partial charge is 0.222 e. The Morgan fingerprint density at radius 2 is 1.93 bits per heavy atom. The van der Waals surface area contributed by atoms with Gasteiger partial charge in [-0.3, -0.25) is 9.69 Å². The van der Waals surface area contributed by atoms with E-state index in [0.29, 0.717) is 18.3 Å². The third-order valence-electron chi connectivity index (χ3n) is 6.32. The molecule has 4 nitrogen and oxygen atoms in total. The van der Waals surface area contributed by atoms with Gasteiger partial charge in [0.1, 0.15) is 5.75 Å². The lowest BCUT2D eigenvalue weighted by molar-refractivity contribution is -0.130. The van der Waals surface area contributed by atoms with E-state index in [4.69, 9.17) is 4.74 Å². The lowest BCUT2D eigenvalue weighted by Gasteiger charge is -2.32. The van der Waals surface area contributed by atoms with Crippen LogP contribution in [0, 0.1) is 5.92 Å². The Morgan fingerprint density at radius 1 is 1.11 bits per heavy atom. The molecule has 2 aromatic rings. The molecular weight excluding hydrogens is 348 g/mol. The fourth-order valence-electron chi connectivity index (χ4n) is 4.77. The summed E-state index contributed by atoms with van der Waals surface area (Å²) < 4.78 is 5.44. The van der Waals surface area contributed by atoms with Crippen molar-refractivity contribution in [3.63, 3.8) is 0 Å². The summed E-state index contributed by atoms with van der Waals surface area (Å²) >= 11 is 0. The van der Waals surface area contributed by atoms with Crippen LogP contribution in [0.4, 0.5) is 0 Å². The predicted octanol–water partition coefficient (Wildman–Crippen LogP) is 3.71.